The second-order valence-corrected chi connectivity index (χ2v) is 5.87. The van der Waals surface area contributed by atoms with Gasteiger partial charge in [-0.1, -0.05) is 18.2 Å². The van der Waals surface area contributed by atoms with Gasteiger partial charge in [-0.05, 0) is 38.1 Å². The Labute approximate surface area is 148 Å². The van der Waals surface area contributed by atoms with Gasteiger partial charge in [0, 0.05) is 16.7 Å². The molecule has 2 amide bonds. The van der Waals surface area contributed by atoms with Gasteiger partial charge in [-0.3, -0.25) is 9.59 Å². The van der Waals surface area contributed by atoms with Crippen molar-refractivity contribution in [3.63, 3.8) is 0 Å². The van der Waals surface area contributed by atoms with Crippen LogP contribution in [0.3, 0.4) is 0 Å². The van der Waals surface area contributed by atoms with E-state index >= 15 is 0 Å². The Bertz CT molecular complexity index is 954. The van der Waals surface area contributed by atoms with Crippen molar-refractivity contribution >= 4 is 40.9 Å². The van der Waals surface area contributed by atoms with Crippen molar-refractivity contribution in [1.29, 1.82) is 0 Å². The molecule has 126 valence electrons. The van der Waals surface area contributed by atoms with Gasteiger partial charge in [0.05, 0.1) is 17.0 Å². The van der Waals surface area contributed by atoms with E-state index in [0.29, 0.717) is 27.8 Å². The summed E-state index contributed by atoms with van der Waals surface area (Å²) in [5.74, 6) is -0.390. The van der Waals surface area contributed by atoms with Gasteiger partial charge in [0.15, 0.2) is 0 Å². The van der Waals surface area contributed by atoms with E-state index in [2.05, 4.69) is 27.0 Å². The lowest BCUT2D eigenvalue weighted by Crippen LogP contribution is -2.25. The fraction of sp³-hybridized carbons (Fsp3) is 0.118. The maximum absolute atomic E-state index is 12.4. The minimum atomic E-state index is -0.481. The third-order valence-electron chi connectivity index (χ3n) is 3.53. The molecule has 8 heteroatoms. The molecular formula is C17H14ClN5O2. The number of amides is 2. The number of anilines is 1. The molecule has 1 aliphatic heterocycles. The number of aryl methyl sites for hydroxylation is 1. The van der Waals surface area contributed by atoms with Gasteiger partial charge in [0.1, 0.15) is 5.82 Å². The molecular weight excluding hydrogens is 342 g/mol. The Morgan fingerprint density at radius 2 is 1.88 bits per heavy atom. The molecule has 0 saturated heterocycles. The molecule has 0 atom stereocenters. The molecule has 1 aromatic carbocycles. The first-order valence-corrected chi connectivity index (χ1v) is 7.74. The summed E-state index contributed by atoms with van der Waals surface area (Å²) in [4.78, 5) is 32.4. The Balaban J connectivity index is 1.93. The zero-order valence-electron chi connectivity index (χ0n) is 13.6. The van der Waals surface area contributed by atoms with Gasteiger partial charge in [0.2, 0.25) is 0 Å². The van der Waals surface area contributed by atoms with Gasteiger partial charge in [-0.25, -0.2) is 4.99 Å². The van der Waals surface area contributed by atoms with Crippen molar-refractivity contribution in [1.82, 2.24) is 9.78 Å². The molecule has 0 radical (unpaired) electrons. The van der Waals surface area contributed by atoms with Crippen LogP contribution < -0.4 is 5.32 Å². The van der Waals surface area contributed by atoms with Crippen molar-refractivity contribution in [2.24, 2.45) is 9.98 Å². The van der Waals surface area contributed by atoms with Crippen molar-refractivity contribution in [2.75, 3.05) is 5.32 Å². The van der Waals surface area contributed by atoms with Gasteiger partial charge in [0.25, 0.3) is 17.8 Å². The van der Waals surface area contributed by atoms with Crippen LogP contribution in [-0.2, 0) is 4.79 Å². The zero-order chi connectivity index (χ0) is 18.1. The number of hydrogen-bond donors (Lipinski definition) is 1. The zero-order valence-corrected chi connectivity index (χ0v) is 14.3. The number of benzene rings is 1. The summed E-state index contributed by atoms with van der Waals surface area (Å²) in [6.45, 7) is 7.05. The summed E-state index contributed by atoms with van der Waals surface area (Å²) >= 11 is 5.83. The number of carbonyl (C=O) groups is 2. The van der Waals surface area contributed by atoms with E-state index in [9.17, 15) is 9.59 Å². The lowest BCUT2D eigenvalue weighted by molar-refractivity contribution is -0.113. The van der Waals surface area contributed by atoms with Crippen LogP contribution in [0.2, 0.25) is 5.02 Å². The van der Waals surface area contributed by atoms with E-state index in [1.807, 2.05) is 0 Å². The third kappa shape index (κ3) is 3.41. The smallest absolute Gasteiger partial charge is 0.281 e. The number of aromatic nitrogens is 2. The van der Waals surface area contributed by atoms with Gasteiger partial charge in [-0.2, -0.15) is 14.8 Å². The molecule has 2 aromatic rings. The summed E-state index contributed by atoms with van der Waals surface area (Å²) in [7, 11) is 0. The van der Waals surface area contributed by atoms with E-state index in [1.54, 1.807) is 44.2 Å². The summed E-state index contributed by atoms with van der Waals surface area (Å²) in [5, 5.41) is 7.53. The molecule has 0 fully saturated rings. The van der Waals surface area contributed by atoms with Crippen LogP contribution in [0, 0.1) is 6.92 Å². The minimum Gasteiger partial charge on any atom is -0.306 e. The van der Waals surface area contributed by atoms with Crippen LogP contribution in [0.4, 0.5) is 5.82 Å². The molecule has 0 aliphatic carbocycles. The number of nitrogens with one attached hydrogen (secondary N) is 1. The van der Waals surface area contributed by atoms with Gasteiger partial charge < -0.3 is 5.32 Å². The van der Waals surface area contributed by atoms with Crippen LogP contribution in [0.5, 0.6) is 0 Å². The average molecular weight is 356 g/mol. The lowest BCUT2D eigenvalue weighted by Gasteiger charge is -2.12. The summed E-state index contributed by atoms with van der Waals surface area (Å²) < 4.78 is 1.32. The fourth-order valence-corrected chi connectivity index (χ4v) is 2.31. The highest BCUT2D eigenvalue weighted by atomic mass is 35.5. The molecule has 1 N–H and O–H groups in total. The van der Waals surface area contributed by atoms with Crippen molar-refractivity contribution in [2.45, 2.75) is 13.8 Å². The fourth-order valence-electron chi connectivity index (χ4n) is 2.18. The number of rotatable bonds is 2. The standard InChI is InChI=1S/C17H14ClN5O2/c1-9-8-14(20-16(25)12-4-6-13(18)7-5-12)23(22-9)17-19-11(3)10(2)15(24)21-17/h4-8H,2H2,1,3H3,(H,20,25). The van der Waals surface area contributed by atoms with Gasteiger partial charge in [-0.15, -0.1) is 0 Å². The number of carbonyl (C=O) groups excluding carboxylic acids is 2. The maximum atomic E-state index is 12.4. The Kier molecular flexibility index (Phi) is 4.33. The molecule has 0 saturated carbocycles. The Morgan fingerprint density at radius 1 is 1.20 bits per heavy atom. The topological polar surface area (TPSA) is 88.7 Å². The molecule has 2 heterocycles. The largest absolute Gasteiger partial charge is 0.306 e. The Hall–Kier alpha value is -3.06. The monoisotopic (exact) mass is 355 g/mol. The second kappa shape index (κ2) is 6.45. The van der Waals surface area contributed by atoms with Crippen LogP contribution in [0.25, 0.3) is 0 Å². The highest BCUT2D eigenvalue weighted by Crippen LogP contribution is 2.16. The predicted molar refractivity (Wildman–Crippen MR) is 96.5 cm³/mol. The highest BCUT2D eigenvalue weighted by Gasteiger charge is 2.21. The SMILES string of the molecule is C=C1C(=O)N=C(n2nc(C)cc2NC(=O)c2ccc(Cl)cc2)N=C1C. The summed E-state index contributed by atoms with van der Waals surface area (Å²) in [6.07, 6.45) is 0. The second-order valence-electron chi connectivity index (χ2n) is 5.44. The third-order valence-corrected chi connectivity index (χ3v) is 3.79. The first-order valence-electron chi connectivity index (χ1n) is 7.36. The molecule has 0 unspecified atom stereocenters. The number of nitrogens with zero attached hydrogens (tertiary/aromatic N) is 4. The molecule has 7 nitrogen and oxygen atoms in total. The van der Waals surface area contributed by atoms with Crippen LogP contribution in [0.15, 0.2) is 52.5 Å². The number of aliphatic imine (C=N–C) groups is 2. The van der Waals surface area contributed by atoms with Crippen LogP contribution >= 0.6 is 11.6 Å². The molecule has 1 aromatic heterocycles. The van der Waals surface area contributed by atoms with E-state index in [-0.39, 0.29) is 17.4 Å². The average Bonchev–Trinajstić information content (AvgIpc) is 2.93. The molecule has 1 aliphatic rings. The number of halogens is 1. The lowest BCUT2D eigenvalue weighted by atomic mass is 10.2. The van der Waals surface area contributed by atoms with Crippen LogP contribution in [0.1, 0.15) is 23.0 Å². The summed E-state index contributed by atoms with van der Waals surface area (Å²) in [6, 6.07) is 8.14. The van der Waals surface area contributed by atoms with Crippen LogP contribution in [-0.4, -0.2) is 33.3 Å². The highest BCUT2D eigenvalue weighted by molar-refractivity contribution is 6.30. The molecule has 3 rings (SSSR count). The van der Waals surface area contributed by atoms with Crippen molar-refractivity contribution in [3.05, 3.63) is 58.8 Å². The van der Waals surface area contributed by atoms with Gasteiger partial charge >= 0.3 is 0 Å². The maximum Gasteiger partial charge on any atom is 0.281 e. The van der Waals surface area contributed by atoms with Crippen molar-refractivity contribution < 1.29 is 9.59 Å². The van der Waals surface area contributed by atoms with E-state index < -0.39 is 5.91 Å². The first-order chi connectivity index (χ1) is 11.8. The van der Waals surface area contributed by atoms with E-state index in [0.717, 1.165) is 0 Å². The quantitative estimate of drug-likeness (QED) is 0.840. The molecule has 25 heavy (non-hydrogen) atoms. The van der Waals surface area contributed by atoms with E-state index in [1.165, 1.54) is 4.68 Å². The first kappa shape index (κ1) is 16.8. The minimum absolute atomic E-state index is 0.0782. The Morgan fingerprint density at radius 3 is 2.52 bits per heavy atom. The predicted octanol–water partition coefficient (Wildman–Crippen LogP) is 2.86. The molecule has 0 bridgehead atoms. The van der Waals surface area contributed by atoms with Crippen molar-refractivity contribution in [3.8, 4) is 0 Å². The van der Waals surface area contributed by atoms with E-state index in [4.69, 9.17) is 11.6 Å². The normalized spacial score (nSPS) is 14.2. The summed E-state index contributed by atoms with van der Waals surface area (Å²) in [5.41, 5.74) is 1.76. The number of hydrogen-bond acceptors (Lipinski definition) is 4. The molecule has 0 spiro atoms.